The number of benzene rings is 1. The summed E-state index contributed by atoms with van der Waals surface area (Å²) in [5.74, 6) is 0.0583. The van der Waals surface area contributed by atoms with E-state index in [9.17, 15) is 4.79 Å². The van der Waals surface area contributed by atoms with Gasteiger partial charge in [0.2, 0.25) is 5.78 Å². The van der Waals surface area contributed by atoms with E-state index in [2.05, 4.69) is 11.9 Å². The van der Waals surface area contributed by atoms with Crippen LogP contribution < -0.4 is 0 Å². The minimum Gasteiger partial charge on any atom is -0.356 e. The molecular weight excluding hydrogens is 198 g/mol. The molecule has 0 unspecified atom stereocenters. The summed E-state index contributed by atoms with van der Waals surface area (Å²) in [6.45, 7) is 2.12. The van der Waals surface area contributed by atoms with E-state index < -0.39 is 0 Å². The van der Waals surface area contributed by atoms with E-state index in [1.54, 1.807) is 0 Å². The number of carbonyl (C=O) groups is 1. The van der Waals surface area contributed by atoms with Crippen molar-refractivity contribution in [1.29, 1.82) is 0 Å². The molecule has 1 aromatic heterocycles. The van der Waals surface area contributed by atoms with Gasteiger partial charge in [0, 0.05) is 11.3 Å². The number of aromatic amines is 1. The molecule has 1 heterocycles. The third-order valence-corrected chi connectivity index (χ3v) is 2.55. The van der Waals surface area contributed by atoms with Crippen molar-refractivity contribution >= 4 is 5.78 Å². The van der Waals surface area contributed by atoms with Crippen molar-refractivity contribution in [2.24, 2.45) is 0 Å². The Morgan fingerprint density at radius 1 is 1.12 bits per heavy atom. The molecular formula is C14H15NO. The maximum absolute atomic E-state index is 12.0. The van der Waals surface area contributed by atoms with Crippen molar-refractivity contribution in [3.05, 3.63) is 59.4 Å². The van der Waals surface area contributed by atoms with Crippen LogP contribution in [-0.2, 0) is 6.42 Å². The molecule has 0 aliphatic rings. The highest BCUT2D eigenvalue weighted by Crippen LogP contribution is 2.10. The molecule has 0 spiro atoms. The molecule has 1 N–H and O–H groups in total. The van der Waals surface area contributed by atoms with Gasteiger partial charge in [-0.15, -0.1) is 0 Å². The van der Waals surface area contributed by atoms with Crippen LogP contribution in [0.3, 0.4) is 0 Å². The lowest BCUT2D eigenvalue weighted by Crippen LogP contribution is -2.01. The summed E-state index contributed by atoms with van der Waals surface area (Å²) in [5, 5.41) is 0. The molecule has 16 heavy (non-hydrogen) atoms. The van der Waals surface area contributed by atoms with Crippen molar-refractivity contribution in [3.63, 3.8) is 0 Å². The minimum atomic E-state index is 0.0583. The third kappa shape index (κ3) is 2.22. The molecule has 2 rings (SSSR count). The van der Waals surface area contributed by atoms with Gasteiger partial charge in [-0.2, -0.15) is 0 Å². The lowest BCUT2D eigenvalue weighted by atomic mass is 10.1. The van der Waals surface area contributed by atoms with Gasteiger partial charge in [-0.05, 0) is 18.6 Å². The van der Waals surface area contributed by atoms with Crippen LogP contribution in [-0.4, -0.2) is 10.8 Å². The Morgan fingerprint density at radius 3 is 2.56 bits per heavy atom. The number of ketones is 1. The van der Waals surface area contributed by atoms with E-state index in [-0.39, 0.29) is 5.78 Å². The molecule has 0 aliphatic heterocycles. The van der Waals surface area contributed by atoms with Gasteiger partial charge in [0.15, 0.2) is 0 Å². The molecule has 2 heteroatoms. The van der Waals surface area contributed by atoms with E-state index in [0.717, 1.165) is 24.1 Å². The first kappa shape index (κ1) is 10.7. The zero-order valence-corrected chi connectivity index (χ0v) is 9.36. The number of hydrogen-bond acceptors (Lipinski definition) is 1. The van der Waals surface area contributed by atoms with E-state index >= 15 is 0 Å². The molecule has 0 radical (unpaired) electrons. The standard InChI is InChI=1S/C14H15NO/c1-2-6-12-9-10-13(15-12)14(16)11-7-4-3-5-8-11/h3-5,7-10,15H,2,6H2,1H3. The highest BCUT2D eigenvalue weighted by atomic mass is 16.1. The van der Waals surface area contributed by atoms with Gasteiger partial charge in [0.05, 0.1) is 5.69 Å². The maximum atomic E-state index is 12.0. The van der Waals surface area contributed by atoms with Crippen LogP contribution in [0, 0.1) is 0 Å². The Hall–Kier alpha value is -1.83. The van der Waals surface area contributed by atoms with Crippen LogP contribution in [0.1, 0.15) is 35.1 Å². The molecule has 0 bridgehead atoms. The Morgan fingerprint density at radius 2 is 1.88 bits per heavy atom. The predicted molar refractivity (Wildman–Crippen MR) is 64.7 cm³/mol. The Labute approximate surface area is 95.3 Å². The molecule has 82 valence electrons. The first-order valence-electron chi connectivity index (χ1n) is 5.59. The van der Waals surface area contributed by atoms with Crippen molar-refractivity contribution in [2.45, 2.75) is 19.8 Å². The van der Waals surface area contributed by atoms with Crippen LogP contribution in [0.15, 0.2) is 42.5 Å². The fraction of sp³-hybridized carbons (Fsp3) is 0.214. The van der Waals surface area contributed by atoms with E-state index in [4.69, 9.17) is 0 Å². The lowest BCUT2D eigenvalue weighted by Gasteiger charge is -1.98. The van der Waals surface area contributed by atoms with Gasteiger partial charge >= 0.3 is 0 Å². The SMILES string of the molecule is CCCc1ccc(C(=O)c2ccccc2)[nH]1. The van der Waals surface area contributed by atoms with Crippen molar-refractivity contribution in [3.8, 4) is 0 Å². The molecule has 0 aliphatic carbocycles. The molecule has 2 nitrogen and oxygen atoms in total. The Balaban J connectivity index is 2.21. The summed E-state index contributed by atoms with van der Waals surface area (Å²) in [7, 11) is 0. The Bertz CT molecular complexity index is 470. The van der Waals surface area contributed by atoms with Gasteiger partial charge < -0.3 is 4.98 Å². The van der Waals surface area contributed by atoms with Gasteiger partial charge in [-0.1, -0.05) is 43.7 Å². The highest BCUT2D eigenvalue weighted by Gasteiger charge is 2.09. The summed E-state index contributed by atoms with van der Waals surface area (Å²) in [6.07, 6.45) is 2.07. The molecule has 0 saturated heterocycles. The first-order valence-corrected chi connectivity index (χ1v) is 5.59. The van der Waals surface area contributed by atoms with Gasteiger partial charge in [0.25, 0.3) is 0 Å². The van der Waals surface area contributed by atoms with Crippen LogP contribution in [0.25, 0.3) is 0 Å². The van der Waals surface area contributed by atoms with E-state index in [1.165, 1.54) is 0 Å². The molecule has 1 aromatic carbocycles. The minimum absolute atomic E-state index is 0.0583. The van der Waals surface area contributed by atoms with Crippen LogP contribution in [0.2, 0.25) is 0 Å². The van der Waals surface area contributed by atoms with E-state index in [1.807, 2.05) is 42.5 Å². The highest BCUT2D eigenvalue weighted by molar-refractivity contribution is 6.07. The quantitative estimate of drug-likeness (QED) is 0.777. The van der Waals surface area contributed by atoms with E-state index in [0.29, 0.717) is 5.69 Å². The summed E-state index contributed by atoms with van der Waals surface area (Å²) in [5.41, 5.74) is 2.53. The number of H-pyrrole nitrogens is 1. The lowest BCUT2D eigenvalue weighted by molar-refractivity contribution is 0.103. The molecule has 0 atom stereocenters. The summed E-state index contributed by atoms with van der Waals surface area (Å²) in [4.78, 5) is 15.2. The topological polar surface area (TPSA) is 32.9 Å². The van der Waals surface area contributed by atoms with Crippen molar-refractivity contribution in [2.75, 3.05) is 0 Å². The summed E-state index contributed by atoms with van der Waals surface area (Å²) in [6, 6.07) is 13.2. The molecule has 0 saturated carbocycles. The van der Waals surface area contributed by atoms with Crippen LogP contribution in [0.4, 0.5) is 0 Å². The molecule has 0 fully saturated rings. The number of rotatable bonds is 4. The predicted octanol–water partition coefficient (Wildman–Crippen LogP) is 3.20. The Kier molecular flexibility index (Phi) is 3.20. The zero-order chi connectivity index (χ0) is 11.4. The van der Waals surface area contributed by atoms with Crippen molar-refractivity contribution < 1.29 is 4.79 Å². The normalized spacial score (nSPS) is 10.3. The second kappa shape index (κ2) is 4.79. The fourth-order valence-electron chi connectivity index (χ4n) is 1.73. The smallest absolute Gasteiger partial charge is 0.209 e. The maximum Gasteiger partial charge on any atom is 0.209 e. The number of hydrogen-bond donors (Lipinski definition) is 1. The number of carbonyl (C=O) groups excluding carboxylic acids is 1. The van der Waals surface area contributed by atoms with Gasteiger partial charge in [-0.3, -0.25) is 4.79 Å². The average Bonchev–Trinajstić information content (AvgIpc) is 2.78. The van der Waals surface area contributed by atoms with Gasteiger partial charge in [0.1, 0.15) is 0 Å². The second-order valence-corrected chi connectivity index (χ2v) is 3.84. The largest absolute Gasteiger partial charge is 0.356 e. The monoisotopic (exact) mass is 213 g/mol. The fourth-order valence-corrected chi connectivity index (χ4v) is 1.73. The third-order valence-electron chi connectivity index (χ3n) is 2.55. The molecule has 0 amide bonds. The second-order valence-electron chi connectivity index (χ2n) is 3.84. The summed E-state index contributed by atoms with van der Waals surface area (Å²) < 4.78 is 0. The number of aromatic nitrogens is 1. The summed E-state index contributed by atoms with van der Waals surface area (Å²) >= 11 is 0. The van der Waals surface area contributed by atoms with Crippen LogP contribution >= 0.6 is 0 Å². The molecule has 2 aromatic rings. The number of aryl methyl sites for hydroxylation is 1. The average molecular weight is 213 g/mol. The zero-order valence-electron chi connectivity index (χ0n) is 9.36. The van der Waals surface area contributed by atoms with Gasteiger partial charge in [-0.25, -0.2) is 0 Å². The van der Waals surface area contributed by atoms with Crippen molar-refractivity contribution in [1.82, 2.24) is 4.98 Å². The number of nitrogens with one attached hydrogen (secondary N) is 1. The first-order chi connectivity index (χ1) is 7.81. The van der Waals surface area contributed by atoms with Crippen LogP contribution in [0.5, 0.6) is 0 Å².